The summed E-state index contributed by atoms with van der Waals surface area (Å²) in [4.78, 5) is 2.88. The van der Waals surface area contributed by atoms with Crippen LogP contribution >= 0.6 is 0 Å². The summed E-state index contributed by atoms with van der Waals surface area (Å²) in [6, 6.07) is 1.51. The first-order valence-corrected chi connectivity index (χ1v) is 6.81. The predicted octanol–water partition coefficient (Wildman–Crippen LogP) is 0.717. The van der Waals surface area contributed by atoms with E-state index in [2.05, 4.69) is 10.1 Å². The fourth-order valence-corrected chi connectivity index (χ4v) is 2.52. The van der Waals surface area contributed by atoms with Gasteiger partial charge in [-0.15, -0.1) is 0 Å². The number of nitrogen functional groups attached to an aromatic ring is 1. The van der Waals surface area contributed by atoms with Crippen LogP contribution in [0.25, 0.3) is 0 Å². The molecule has 0 fully saturated rings. The number of hydrogen-bond donors (Lipinski definition) is 2. The van der Waals surface area contributed by atoms with Crippen LogP contribution in [0, 0.1) is 18.6 Å². The number of rotatable bonds is 4. The van der Waals surface area contributed by atoms with Crippen molar-refractivity contribution in [3.8, 4) is 0 Å². The van der Waals surface area contributed by atoms with Crippen LogP contribution in [0.2, 0.25) is 0 Å². The molecule has 1 heterocycles. The van der Waals surface area contributed by atoms with Gasteiger partial charge in [-0.2, -0.15) is 4.98 Å². The van der Waals surface area contributed by atoms with Gasteiger partial charge in [-0.25, -0.2) is 21.9 Å². The maximum Gasteiger partial charge on any atom is 0.244 e. The molecule has 7 nitrogen and oxygen atoms in total. The maximum atomic E-state index is 13.5. The van der Waals surface area contributed by atoms with Crippen molar-refractivity contribution in [2.24, 2.45) is 0 Å². The molecule has 0 amide bonds. The van der Waals surface area contributed by atoms with Crippen LogP contribution in [0.3, 0.4) is 0 Å². The Kier molecular flexibility index (Phi) is 3.68. The smallest absolute Gasteiger partial charge is 0.244 e. The molecule has 0 spiro atoms. The highest BCUT2D eigenvalue weighted by molar-refractivity contribution is 7.89. The molecule has 3 N–H and O–H groups in total. The molecule has 20 heavy (non-hydrogen) atoms. The Hall–Kier alpha value is -2.07. The fraction of sp³-hybridized carbons (Fsp3) is 0.200. The molecule has 10 heteroatoms. The summed E-state index contributed by atoms with van der Waals surface area (Å²) in [6.45, 7) is 1.20. The summed E-state index contributed by atoms with van der Waals surface area (Å²) in [5.74, 6) is -2.54. The van der Waals surface area contributed by atoms with E-state index in [4.69, 9.17) is 10.3 Å². The van der Waals surface area contributed by atoms with Crippen molar-refractivity contribution < 1.29 is 21.7 Å². The molecule has 0 saturated heterocycles. The molecule has 0 saturated carbocycles. The third kappa shape index (κ3) is 2.91. The molecule has 0 atom stereocenters. The van der Waals surface area contributed by atoms with Crippen molar-refractivity contribution in [2.45, 2.75) is 18.4 Å². The number of halogens is 2. The highest BCUT2D eigenvalue weighted by atomic mass is 32.2. The number of nitrogens with two attached hydrogens (primary N) is 1. The van der Waals surface area contributed by atoms with E-state index in [-0.39, 0.29) is 18.1 Å². The van der Waals surface area contributed by atoms with Gasteiger partial charge in [0, 0.05) is 5.69 Å². The van der Waals surface area contributed by atoms with E-state index in [1.807, 2.05) is 4.72 Å². The van der Waals surface area contributed by atoms with E-state index in [0.717, 1.165) is 6.07 Å². The molecule has 0 unspecified atom stereocenters. The number of nitrogens with zero attached hydrogens (tertiary/aromatic N) is 2. The van der Waals surface area contributed by atoms with E-state index in [0.29, 0.717) is 11.9 Å². The quantitative estimate of drug-likeness (QED) is 0.805. The number of aromatic nitrogens is 2. The Morgan fingerprint density at radius 2 is 2.10 bits per heavy atom. The number of anilines is 1. The SMILES string of the molecule is Cc1noc(CNS(=O)(=O)c2cc(N)cc(F)c2F)n1. The normalized spacial score (nSPS) is 11.8. The van der Waals surface area contributed by atoms with Crippen LogP contribution in [0.4, 0.5) is 14.5 Å². The van der Waals surface area contributed by atoms with E-state index in [9.17, 15) is 17.2 Å². The highest BCUT2D eigenvalue weighted by Gasteiger charge is 2.23. The molecule has 2 rings (SSSR count). The summed E-state index contributed by atoms with van der Waals surface area (Å²) in [5.41, 5.74) is 5.09. The zero-order valence-corrected chi connectivity index (χ0v) is 11.0. The van der Waals surface area contributed by atoms with Crippen LogP contribution in [0.15, 0.2) is 21.6 Å². The first-order chi connectivity index (χ1) is 9.29. The standard InChI is InChI=1S/C10H10F2N4O3S/c1-5-15-9(19-16-5)4-14-20(17,18)8-3-6(13)2-7(11)10(8)12/h2-3,14H,4,13H2,1H3. The lowest BCUT2D eigenvalue weighted by Crippen LogP contribution is -2.25. The largest absolute Gasteiger partial charge is 0.399 e. The molecule has 108 valence electrons. The number of sulfonamides is 1. The van der Waals surface area contributed by atoms with Crippen LogP contribution in [0.1, 0.15) is 11.7 Å². The molecule has 0 aliphatic rings. The number of hydrogen-bond acceptors (Lipinski definition) is 6. The van der Waals surface area contributed by atoms with Crippen LogP contribution in [0.5, 0.6) is 0 Å². The lowest BCUT2D eigenvalue weighted by molar-refractivity contribution is 0.371. The van der Waals surface area contributed by atoms with Gasteiger partial charge < -0.3 is 10.3 Å². The monoisotopic (exact) mass is 304 g/mol. The van der Waals surface area contributed by atoms with Crippen LogP contribution in [-0.2, 0) is 16.6 Å². The van der Waals surface area contributed by atoms with Crippen molar-refractivity contribution >= 4 is 15.7 Å². The third-order valence-corrected chi connectivity index (χ3v) is 3.69. The van der Waals surface area contributed by atoms with Gasteiger partial charge in [0.05, 0.1) is 6.54 Å². The summed E-state index contributed by atoms with van der Waals surface area (Å²) in [6.07, 6.45) is 0. The van der Waals surface area contributed by atoms with Gasteiger partial charge in [-0.3, -0.25) is 0 Å². The zero-order chi connectivity index (χ0) is 14.9. The van der Waals surface area contributed by atoms with Gasteiger partial charge in [0.25, 0.3) is 0 Å². The Morgan fingerprint density at radius 3 is 2.70 bits per heavy atom. The lowest BCUT2D eigenvalue weighted by atomic mass is 10.3. The third-order valence-electron chi connectivity index (χ3n) is 2.29. The average Bonchev–Trinajstić information content (AvgIpc) is 2.77. The Labute approximate surface area is 112 Å². The van der Waals surface area contributed by atoms with Crippen LogP contribution < -0.4 is 10.5 Å². The van der Waals surface area contributed by atoms with Gasteiger partial charge >= 0.3 is 0 Å². The van der Waals surface area contributed by atoms with Gasteiger partial charge in [0.2, 0.25) is 15.9 Å². The molecule has 0 bridgehead atoms. The fourth-order valence-electron chi connectivity index (χ4n) is 1.43. The minimum absolute atomic E-state index is 0.00384. The molecule has 1 aromatic carbocycles. The second-order valence-corrected chi connectivity index (χ2v) is 5.61. The predicted molar refractivity (Wildman–Crippen MR) is 63.8 cm³/mol. The Balaban J connectivity index is 2.27. The van der Waals surface area contributed by atoms with Gasteiger partial charge in [0.15, 0.2) is 17.5 Å². The van der Waals surface area contributed by atoms with Crippen molar-refractivity contribution in [1.82, 2.24) is 14.9 Å². The first kappa shape index (κ1) is 14.3. The van der Waals surface area contributed by atoms with E-state index >= 15 is 0 Å². The topological polar surface area (TPSA) is 111 Å². The summed E-state index contributed by atoms with van der Waals surface area (Å²) < 4.78 is 57.1. The summed E-state index contributed by atoms with van der Waals surface area (Å²) >= 11 is 0. The second kappa shape index (κ2) is 5.13. The molecule has 0 radical (unpaired) electrons. The molecule has 0 aliphatic heterocycles. The van der Waals surface area contributed by atoms with Gasteiger partial charge in [-0.1, -0.05) is 5.16 Å². The lowest BCUT2D eigenvalue weighted by Gasteiger charge is -2.07. The Morgan fingerprint density at radius 1 is 1.40 bits per heavy atom. The van der Waals surface area contributed by atoms with Crippen molar-refractivity contribution in [1.29, 1.82) is 0 Å². The average molecular weight is 304 g/mol. The number of benzene rings is 1. The van der Waals surface area contributed by atoms with Crippen molar-refractivity contribution in [2.75, 3.05) is 5.73 Å². The van der Waals surface area contributed by atoms with Gasteiger partial charge in [-0.05, 0) is 19.1 Å². The molecule has 2 aromatic rings. The van der Waals surface area contributed by atoms with E-state index in [1.54, 1.807) is 6.92 Å². The van der Waals surface area contributed by atoms with E-state index in [1.165, 1.54) is 0 Å². The minimum atomic E-state index is -4.30. The van der Waals surface area contributed by atoms with Crippen molar-refractivity contribution in [3.63, 3.8) is 0 Å². The zero-order valence-electron chi connectivity index (χ0n) is 10.2. The molecule has 0 aliphatic carbocycles. The Bertz CT molecular complexity index is 745. The summed E-state index contributed by atoms with van der Waals surface area (Å²) in [5, 5.41) is 3.46. The van der Waals surface area contributed by atoms with Crippen molar-refractivity contribution in [3.05, 3.63) is 35.5 Å². The van der Waals surface area contributed by atoms with Gasteiger partial charge in [0.1, 0.15) is 4.90 Å². The first-order valence-electron chi connectivity index (χ1n) is 5.33. The number of aryl methyl sites for hydroxylation is 1. The highest BCUT2D eigenvalue weighted by Crippen LogP contribution is 2.21. The van der Waals surface area contributed by atoms with Crippen LogP contribution in [-0.4, -0.2) is 18.6 Å². The molecule has 1 aromatic heterocycles. The second-order valence-electron chi connectivity index (χ2n) is 3.87. The van der Waals surface area contributed by atoms with E-state index < -0.39 is 26.6 Å². The minimum Gasteiger partial charge on any atom is -0.399 e. The number of nitrogens with one attached hydrogen (secondary N) is 1. The summed E-state index contributed by atoms with van der Waals surface area (Å²) in [7, 11) is -4.30. The molecular formula is C10H10F2N4O3S. The maximum absolute atomic E-state index is 13.5. The molecular weight excluding hydrogens is 294 g/mol.